The molecular weight excluding hydrogens is 476 g/mol. The highest BCUT2D eigenvalue weighted by Crippen LogP contribution is 2.33. The van der Waals surface area contributed by atoms with Gasteiger partial charge in [0.2, 0.25) is 0 Å². The molecule has 2 heterocycles. The first-order chi connectivity index (χ1) is 14.6. The molecule has 0 aliphatic heterocycles. The number of benzene rings is 2. The van der Waals surface area contributed by atoms with Gasteiger partial charge in [-0.05, 0) is 36.4 Å². The van der Waals surface area contributed by atoms with Crippen LogP contribution in [0.3, 0.4) is 0 Å². The molecule has 5 nitrogen and oxygen atoms in total. The number of carbonyl (C=O) groups excluding carboxylic acids is 1. The van der Waals surface area contributed by atoms with Crippen LogP contribution in [-0.2, 0) is 6.18 Å². The van der Waals surface area contributed by atoms with E-state index in [0.717, 1.165) is 12.1 Å². The molecule has 2 aromatic heterocycles. The summed E-state index contributed by atoms with van der Waals surface area (Å²) in [6, 6.07) is 12.6. The van der Waals surface area contributed by atoms with E-state index in [1.165, 1.54) is 18.2 Å². The number of alkyl halides is 3. The average molecular weight is 486 g/mol. The summed E-state index contributed by atoms with van der Waals surface area (Å²) in [5, 5.41) is 7.25. The van der Waals surface area contributed by atoms with Crippen LogP contribution in [0.5, 0.6) is 0 Å². The summed E-state index contributed by atoms with van der Waals surface area (Å²) in [4.78, 5) is 16.8. The maximum Gasteiger partial charge on any atom is 0.433 e. The summed E-state index contributed by atoms with van der Waals surface area (Å²) in [6.45, 7) is 0. The predicted molar refractivity (Wildman–Crippen MR) is 113 cm³/mol. The zero-order valence-electron chi connectivity index (χ0n) is 15.2. The molecule has 0 radical (unpaired) electrons. The molecule has 0 spiro atoms. The molecule has 2 aromatic carbocycles. The summed E-state index contributed by atoms with van der Waals surface area (Å²) in [6.07, 6.45) is -4.74. The third-order valence-corrected chi connectivity index (χ3v) is 5.08. The number of halogens is 6. The normalized spacial score (nSPS) is 11.7. The van der Waals surface area contributed by atoms with Gasteiger partial charge in [0.25, 0.3) is 5.91 Å². The van der Waals surface area contributed by atoms with E-state index in [4.69, 9.17) is 34.8 Å². The van der Waals surface area contributed by atoms with Gasteiger partial charge in [0, 0.05) is 21.7 Å². The molecule has 158 valence electrons. The lowest BCUT2D eigenvalue weighted by molar-refractivity contribution is -0.142. The van der Waals surface area contributed by atoms with Crippen molar-refractivity contribution in [1.29, 1.82) is 0 Å². The monoisotopic (exact) mass is 484 g/mol. The van der Waals surface area contributed by atoms with E-state index >= 15 is 0 Å². The standard InChI is InChI=1S/C20H10Cl3F3N4O/c21-11-3-1-10(2-4-11)14-8-17(20(24,25)26)30-18(27-14)9-16(29-30)19(31)28-15-7-12(22)5-6-13(15)23/h1-9H,(H,28,31). The number of carbonyl (C=O) groups is 1. The number of anilines is 1. The Kier molecular flexibility index (Phi) is 5.55. The predicted octanol–water partition coefficient (Wildman–Crippen LogP) is 6.63. The van der Waals surface area contributed by atoms with Crippen molar-refractivity contribution >= 4 is 52.0 Å². The van der Waals surface area contributed by atoms with Crippen molar-refractivity contribution in [1.82, 2.24) is 14.6 Å². The molecule has 0 atom stereocenters. The van der Waals surface area contributed by atoms with Crippen LogP contribution in [0.1, 0.15) is 16.2 Å². The van der Waals surface area contributed by atoms with Gasteiger partial charge in [0.1, 0.15) is 0 Å². The number of rotatable bonds is 3. The van der Waals surface area contributed by atoms with Crippen LogP contribution in [-0.4, -0.2) is 20.5 Å². The van der Waals surface area contributed by atoms with Gasteiger partial charge in [-0.2, -0.15) is 18.3 Å². The minimum Gasteiger partial charge on any atom is -0.319 e. The molecule has 1 N–H and O–H groups in total. The second kappa shape index (κ2) is 8.03. The fourth-order valence-electron chi connectivity index (χ4n) is 2.84. The van der Waals surface area contributed by atoms with Gasteiger partial charge in [-0.25, -0.2) is 9.50 Å². The van der Waals surface area contributed by atoms with Crippen molar-refractivity contribution in [3.8, 4) is 11.3 Å². The fourth-order valence-corrected chi connectivity index (χ4v) is 3.30. The maximum atomic E-state index is 13.7. The zero-order chi connectivity index (χ0) is 22.3. The van der Waals surface area contributed by atoms with Gasteiger partial charge in [-0.1, -0.05) is 46.9 Å². The number of hydrogen-bond donors (Lipinski definition) is 1. The van der Waals surface area contributed by atoms with Gasteiger partial charge in [0.05, 0.1) is 16.4 Å². The Balaban J connectivity index is 1.79. The highest BCUT2D eigenvalue weighted by Gasteiger charge is 2.35. The third-order valence-electron chi connectivity index (χ3n) is 4.27. The zero-order valence-corrected chi connectivity index (χ0v) is 17.5. The molecule has 0 fully saturated rings. The quantitative estimate of drug-likeness (QED) is 0.354. The molecule has 0 aliphatic rings. The average Bonchev–Trinajstić information content (AvgIpc) is 3.14. The van der Waals surface area contributed by atoms with Gasteiger partial charge in [-0.15, -0.1) is 0 Å². The summed E-state index contributed by atoms with van der Waals surface area (Å²) in [5.74, 6) is -0.768. The molecular formula is C20H10Cl3F3N4O. The topological polar surface area (TPSA) is 59.3 Å². The molecule has 0 unspecified atom stereocenters. The molecule has 0 aliphatic carbocycles. The van der Waals surface area contributed by atoms with E-state index in [-0.39, 0.29) is 27.7 Å². The second-order valence-electron chi connectivity index (χ2n) is 6.41. The Hall–Kier alpha value is -2.81. The molecule has 4 aromatic rings. The maximum absolute atomic E-state index is 13.7. The summed E-state index contributed by atoms with van der Waals surface area (Å²) in [7, 11) is 0. The van der Waals surface area contributed by atoms with Crippen LogP contribution in [0.15, 0.2) is 54.6 Å². The van der Waals surface area contributed by atoms with Crippen LogP contribution in [0, 0.1) is 0 Å². The van der Waals surface area contributed by atoms with E-state index in [1.54, 1.807) is 24.3 Å². The second-order valence-corrected chi connectivity index (χ2v) is 7.69. The number of amides is 1. The number of nitrogens with zero attached hydrogens (tertiary/aromatic N) is 3. The smallest absolute Gasteiger partial charge is 0.319 e. The first kappa shape index (κ1) is 21.4. The minimum atomic E-state index is -4.74. The third kappa shape index (κ3) is 4.46. The first-order valence-corrected chi connectivity index (χ1v) is 9.75. The summed E-state index contributed by atoms with van der Waals surface area (Å²) >= 11 is 17.8. The van der Waals surface area contributed by atoms with Gasteiger partial charge < -0.3 is 5.32 Å². The van der Waals surface area contributed by atoms with Crippen molar-refractivity contribution in [2.24, 2.45) is 0 Å². The number of hydrogen-bond acceptors (Lipinski definition) is 3. The van der Waals surface area contributed by atoms with Crippen LogP contribution in [0.25, 0.3) is 16.9 Å². The van der Waals surface area contributed by atoms with Crippen molar-refractivity contribution in [3.05, 3.63) is 81.1 Å². The highest BCUT2D eigenvalue weighted by molar-refractivity contribution is 6.35. The molecule has 31 heavy (non-hydrogen) atoms. The van der Waals surface area contributed by atoms with E-state index in [2.05, 4.69) is 15.4 Å². The lowest BCUT2D eigenvalue weighted by Crippen LogP contribution is -2.16. The molecule has 0 saturated heterocycles. The SMILES string of the molecule is O=C(Nc1cc(Cl)ccc1Cl)c1cc2nc(-c3ccc(Cl)cc3)cc(C(F)(F)F)n2n1. The van der Waals surface area contributed by atoms with Gasteiger partial charge in [-0.3, -0.25) is 4.79 Å². The largest absolute Gasteiger partial charge is 0.433 e. The number of nitrogens with one attached hydrogen (secondary N) is 1. The van der Waals surface area contributed by atoms with Crippen molar-refractivity contribution in [3.63, 3.8) is 0 Å². The minimum absolute atomic E-state index is 0.0567. The van der Waals surface area contributed by atoms with Gasteiger partial charge in [0.15, 0.2) is 17.0 Å². The lowest BCUT2D eigenvalue weighted by Gasteiger charge is -2.11. The molecule has 0 bridgehead atoms. The van der Waals surface area contributed by atoms with Crippen LogP contribution in [0.4, 0.5) is 18.9 Å². The van der Waals surface area contributed by atoms with E-state index < -0.39 is 17.8 Å². The van der Waals surface area contributed by atoms with E-state index in [9.17, 15) is 18.0 Å². The first-order valence-electron chi connectivity index (χ1n) is 8.62. The van der Waals surface area contributed by atoms with Crippen LogP contribution < -0.4 is 5.32 Å². The summed E-state index contributed by atoms with van der Waals surface area (Å²) in [5.41, 5.74) is -0.828. The molecule has 1 amide bonds. The highest BCUT2D eigenvalue weighted by atomic mass is 35.5. The van der Waals surface area contributed by atoms with Crippen LogP contribution >= 0.6 is 34.8 Å². The Morgan fingerprint density at radius 2 is 1.61 bits per heavy atom. The Labute approximate surface area is 188 Å². The molecule has 4 rings (SSSR count). The van der Waals surface area contributed by atoms with Crippen LogP contribution in [0.2, 0.25) is 15.1 Å². The van der Waals surface area contributed by atoms with Crippen molar-refractivity contribution in [2.75, 3.05) is 5.32 Å². The van der Waals surface area contributed by atoms with Gasteiger partial charge >= 0.3 is 6.18 Å². The molecule has 0 saturated carbocycles. The Morgan fingerprint density at radius 1 is 0.935 bits per heavy atom. The fraction of sp³-hybridized carbons (Fsp3) is 0.0500. The number of aromatic nitrogens is 3. The Bertz CT molecular complexity index is 1300. The van der Waals surface area contributed by atoms with Crippen molar-refractivity contribution < 1.29 is 18.0 Å². The van der Waals surface area contributed by atoms with E-state index in [1.807, 2.05) is 0 Å². The Morgan fingerprint density at radius 3 is 2.29 bits per heavy atom. The number of fused-ring (bicyclic) bond motifs is 1. The van der Waals surface area contributed by atoms with E-state index in [0.29, 0.717) is 20.1 Å². The van der Waals surface area contributed by atoms with Crippen molar-refractivity contribution in [2.45, 2.75) is 6.18 Å². The molecule has 11 heteroatoms. The lowest BCUT2D eigenvalue weighted by atomic mass is 10.1. The summed E-state index contributed by atoms with van der Waals surface area (Å²) < 4.78 is 41.6.